The normalized spacial score (nSPS) is 16.5. The van der Waals surface area contributed by atoms with Crippen molar-refractivity contribution in [1.82, 2.24) is 0 Å². The fourth-order valence-electron chi connectivity index (χ4n) is 3.93. The summed E-state index contributed by atoms with van der Waals surface area (Å²) >= 11 is 0. The Bertz CT molecular complexity index is 1090. The number of methoxy groups -OCH3 is 1. The standard InChI is InChI=1S/C26H31NO5/c1-8-32-20-14-17(12-13-19(20)31-7)22-21(24(29)26(4,5)6)23(28)25(30)27(22)18-11-9-10-15(2)16(18)3/h9-14,22,28H,8H2,1-7H3. The number of benzene rings is 2. The predicted molar refractivity (Wildman–Crippen MR) is 124 cm³/mol. The number of rotatable bonds is 6. The van der Waals surface area contributed by atoms with Crippen molar-refractivity contribution in [1.29, 1.82) is 0 Å². The van der Waals surface area contributed by atoms with Crippen molar-refractivity contribution in [2.75, 3.05) is 18.6 Å². The van der Waals surface area contributed by atoms with Gasteiger partial charge in [0, 0.05) is 11.1 Å². The Balaban J connectivity index is 2.28. The van der Waals surface area contributed by atoms with Crippen LogP contribution in [0.15, 0.2) is 47.7 Å². The smallest absolute Gasteiger partial charge is 0.294 e. The number of aliphatic hydroxyl groups excluding tert-OH is 1. The zero-order valence-electron chi connectivity index (χ0n) is 19.8. The molecular weight excluding hydrogens is 406 g/mol. The summed E-state index contributed by atoms with van der Waals surface area (Å²) in [4.78, 5) is 28.3. The summed E-state index contributed by atoms with van der Waals surface area (Å²) < 4.78 is 11.1. The van der Waals surface area contributed by atoms with Crippen molar-refractivity contribution in [2.24, 2.45) is 5.41 Å². The van der Waals surface area contributed by atoms with Gasteiger partial charge in [0.15, 0.2) is 23.0 Å². The van der Waals surface area contributed by atoms with Crippen molar-refractivity contribution in [2.45, 2.75) is 47.6 Å². The van der Waals surface area contributed by atoms with E-state index >= 15 is 0 Å². The number of ether oxygens (including phenoxy) is 2. The van der Waals surface area contributed by atoms with E-state index in [9.17, 15) is 14.7 Å². The highest BCUT2D eigenvalue weighted by molar-refractivity contribution is 6.17. The van der Waals surface area contributed by atoms with Gasteiger partial charge in [-0.25, -0.2) is 0 Å². The van der Waals surface area contributed by atoms with Crippen LogP contribution in [0.4, 0.5) is 5.69 Å². The fraction of sp³-hybridized carbons (Fsp3) is 0.385. The number of ketones is 1. The Labute approximate surface area is 189 Å². The first kappa shape index (κ1) is 23.4. The van der Waals surface area contributed by atoms with Gasteiger partial charge in [0.2, 0.25) is 0 Å². The second kappa shape index (κ2) is 8.69. The minimum Gasteiger partial charge on any atom is -0.503 e. The highest BCUT2D eigenvalue weighted by Gasteiger charge is 2.47. The molecule has 1 aliphatic rings. The molecule has 32 heavy (non-hydrogen) atoms. The number of nitrogens with zero attached hydrogens (tertiary/aromatic N) is 1. The van der Waals surface area contributed by atoms with Crippen LogP contribution < -0.4 is 14.4 Å². The first-order chi connectivity index (χ1) is 15.0. The van der Waals surface area contributed by atoms with Crippen LogP contribution in [0.25, 0.3) is 0 Å². The lowest BCUT2D eigenvalue weighted by Gasteiger charge is -2.30. The molecular formula is C26H31NO5. The Morgan fingerprint density at radius 3 is 2.41 bits per heavy atom. The third-order valence-corrected chi connectivity index (χ3v) is 5.77. The molecule has 1 heterocycles. The predicted octanol–water partition coefficient (Wildman–Crippen LogP) is 5.23. The molecule has 0 bridgehead atoms. The third-order valence-electron chi connectivity index (χ3n) is 5.77. The van der Waals surface area contributed by atoms with Gasteiger partial charge in [0.1, 0.15) is 0 Å². The van der Waals surface area contributed by atoms with Crippen LogP contribution >= 0.6 is 0 Å². The van der Waals surface area contributed by atoms with Gasteiger partial charge in [-0.05, 0) is 55.7 Å². The number of aliphatic hydroxyl groups is 1. The van der Waals surface area contributed by atoms with Crippen LogP contribution in [0.1, 0.15) is 50.4 Å². The number of carbonyl (C=O) groups is 2. The van der Waals surface area contributed by atoms with Gasteiger partial charge >= 0.3 is 0 Å². The summed E-state index contributed by atoms with van der Waals surface area (Å²) in [6, 6.07) is 10.2. The van der Waals surface area contributed by atoms with E-state index in [4.69, 9.17) is 9.47 Å². The maximum absolute atomic E-state index is 13.4. The van der Waals surface area contributed by atoms with E-state index in [1.54, 1.807) is 46.1 Å². The van der Waals surface area contributed by atoms with Gasteiger partial charge < -0.3 is 14.6 Å². The van der Waals surface area contributed by atoms with Gasteiger partial charge in [0.05, 0.1) is 25.3 Å². The van der Waals surface area contributed by atoms with Gasteiger partial charge in [-0.1, -0.05) is 39.0 Å². The molecule has 6 nitrogen and oxygen atoms in total. The molecule has 0 aromatic heterocycles. The molecule has 0 saturated heterocycles. The molecule has 6 heteroatoms. The molecule has 0 aliphatic carbocycles. The van der Waals surface area contributed by atoms with E-state index in [1.807, 2.05) is 39.0 Å². The largest absolute Gasteiger partial charge is 0.503 e. The molecule has 1 N–H and O–H groups in total. The first-order valence-corrected chi connectivity index (χ1v) is 10.7. The molecule has 0 spiro atoms. The van der Waals surface area contributed by atoms with E-state index in [0.717, 1.165) is 11.1 Å². The summed E-state index contributed by atoms with van der Waals surface area (Å²) in [6.07, 6.45) is 0. The van der Waals surface area contributed by atoms with Gasteiger partial charge in [-0.2, -0.15) is 0 Å². The molecule has 0 radical (unpaired) electrons. The molecule has 1 unspecified atom stereocenters. The molecule has 3 rings (SSSR count). The van der Waals surface area contributed by atoms with Gasteiger partial charge in [-0.15, -0.1) is 0 Å². The van der Waals surface area contributed by atoms with E-state index in [0.29, 0.717) is 29.4 Å². The summed E-state index contributed by atoms with van der Waals surface area (Å²) in [6.45, 7) is 11.5. The van der Waals surface area contributed by atoms with Crippen LogP contribution in [-0.4, -0.2) is 30.5 Å². The van der Waals surface area contributed by atoms with Crippen molar-refractivity contribution in [3.63, 3.8) is 0 Å². The summed E-state index contributed by atoms with van der Waals surface area (Å²) in [5.41, 5.74) is 2.53. The minimum absolute atomic E-state index is 0.0935. The topological polar surface area (TPSA) is 76.1 Å². The first-order valence-electron chi connectivity index (χ1n) is 10.7. The molecule has 0 fully saturated rings. The van der Waals surface area contributed by atoms with Crippen molar-refractivity contribution in [3.05, 3.63) is 64.4 Å². The number of anilines is 1. The monoisotopic (exact) mass is 437 g/mol. The number of Topliss-reactive ketones (excluding diaryl/α,β-unsaturated/α-hetero) is 1. The molecule has 2 aromatic rings. The van der Waals surface area contributed by atoms with E-state index < -0.39 is 23.1 Å². The minimum atomic E-state index is -0.792. The van der Waals surface area contributed by atoms with Gasteiger partial charge in [-0.3, -0.25) is 14.5 Å². The molecule has 1 atom stereocenters. The van der Waals surface area contributed by atoms with Crippen molar-refractivity contribution < 1.29 is 24.2 Å². The third kappa shape index (κ3) is 3.97. The van der Waals surface area contributed by atoms with Crippen LogP contribution in [0, 0.1) is 19.3 Å². The Morgan fingerprint density at radius 1 is 1.12 bits per heavy atom. The molecule has 170 valence electrons. The number of carbonyl (C=O) groups excluding carboxylic acids is 2. The number of aryl methyl sites for hydroxylation is 1. The molecule has 2 aromatic carbocycles. The van der Waals surface area contributed by atoms with Crippen LogP contribution in [0.3, 0.4) is 0 Å². The summed E-state index contributed by atoms with van der Waals surface area (Å²) in [5, 5.41) is 10.9. The zero-order chi connectivity index (χ0) is 23.8. The van der Waals surface area contributed by atoms with Gasteiger partial charge in [0.25, 0.3) is 5.91 Å². The quantitative estimate of drug-likeness (QED) is 0.670. The van der Waals surface area contributed by atoms with E-state index in [-0.39, 0.29) is 11.4 Å². The number of hydrogen-bond donors (Lipinski definition) is 1. The Morgan fingerprint density at radius 2 is 1.81 bits per heavy atom. The van der Waals surface area contributed by atoms with E-state index in [1.165, 1.54) is 4.90 Å². The second-order valence-corrected chi connectivity index (χ2v) is 8.98. The molecule has 0 saturated carbocycles. The lowest BCUT2D eigenvalue weighted by Crippen LogP contribution is -2.33. The maximum Gasteiger partial charge on any atom is 0.294 e. The molecule has 1 amide bonds. The highest BCUT2D eigenvalue weighted by atomic mass is 16.5. The fourth-order valence-corrected chi connectivity index (χ4v) is 3.93. The Kier molecular flexibility index (Phi) is 6.35. The SMILES string of the molecule is CCOc1cc(C2C(C(=O)C(C)(C)C)=C(O)C(=O)N2c2cccc(C)c2C)ccc1OC. The van der Waals surface area contributed by atoms with E-state index in [2.05, 4.69) is 0 Å². The molecule has 1 aliphatic heterocycles. The van der Waals surface area contributed by atoms with Crippen LogP contribution in [-0.2, 0) is 9.59 Å². The zero-order valence-corrected chi connectivity index (χ0v) is 19.8. The van der Waals surface area contributed by atoms with Crippen LogP contribution in [0.2, 0.25) is 0 Å². The second-order valence-electron chi connectivity index (χ2n) is 8.98. The maximum atomic E-state index is 13.4. The number of hydrogen-bond acceptors (Lipinski definition) is 5. The average Bonchev–Trinajstić information content (AvgIpc) is 2.99. The average molecular weight is 438 g/mol. The lowest BCUT2D eigenvalue weighted by atomic mass is 9.82. The summed E-state index contributed by atoms with van der Waals surface area (Å²) in [5.74, 6) is -0.324. The Hall–Kier alpha value is -3.28. The van der Waals surface area contributed by atoms with Crippen LogP contribution in [0.5, 0.6) is 11.5 Å². The summed E-state index contributed by atoms with van der Waals surface area (Å²) in [7, 11) is 1.55. The van der Waals surface area contributed by atoms with Crippen molar-refractivity contribution in [3.8, 4) is 11.5 Å². The lowest BCUT2D eigenvalue weighted by molar-refractivity contribution is -0.123. The highest BCUT2D eigenvalue weighted by Crippen LogP contribution is 2.46. The van der Waals surface area contributed by atoms with Crippen molar-refractivity contribution >= 4 is 17.4 Å². The number of amides is 1.